The van der Waals surface area contributed by atoms with E-state index >= 15 is 0 Å². The summed E-state index contributed by atoms with van der Waals surface area (Å²) in [5.41, 5.74) is 0.293. The minimum absolute atomic E-state index is 0.293. The molecule has 0 saturated heterocycles. The van der Waals surface area contributed by atoms with Crippen molar-refractivity contribution in [2.45, 2.75) is 25.7 Å². The number of benzene rings is 1. The van der Waals surface area contributed by atoms with E-state index in [1.54, 1.807) is 30.0 Å². The molecule has 94 valence electrons. The van der Waals surface area contributed by atoms with Crippen molar-refractivity contribution in [1.82, 2.24) is 0 Å². The van der Waals surface area contributed by atoms with E-state index in [9.17, 15) is 9.18 Å². The van der Waals surface area contributed by atoms with E-state index in [0.717, 1.165) is 17.9 Å². The van der Waals surface area contributed by atoms with Gasteiger partial charge in [-0.15, -0.1) is 0 Å². The summed E-state index contributed by atoms with van der Waals surface area (Å²) >= 11 is 1.77. The van der Waals surface area contributed by atoms with Gasteiger partial charge in [0, 0.05) is 5.56 Å². The van der Waals surface area contributed by atoms with E-state index in [0.29, 0.717) is 12.0 Å². The number of carbonyl (C=O) groups is 1. The maximum absolute atomic E-state index is 13.5. The molecule has 1 rings (SSSR count). The third-order valence-electron chi connectivity index (χ3n) is 2.56. The lowest BCUT2D eigenvalue weighted by Crippen LogP contribution is -2.13. The molecule has 1 N–H and O–H groups in total. The van der Waals surface area contributed by atoms with Gasteiger partial charge in [0.1, 0.15) is 5.82 Å². The van der Waals surface area contributed by atoms with Crippen LogP contribution in [0.2, 0.25) is 0 Å². The number of carboxylic acid groups (broad SMARTS) is 1. The lowest BCUT2D eigenvalue weighted by atomic mass is 9.94. The van der Waals surface area contributed by atoms with Crippen LogP contribution in [0.4, 0.5) is 4.39 Å². The average molecular weight is 256 g/mol. The molecular weight excluding hydrogens is 239 g/mol. The molecule has 0 aliphatic heterocycles. The van der Waals surface area contributed by atoms with Crippen molar-refractivity contribution in [3.05, 3.63) is 35.6 Å². The SMILES string of the molecule is CCSCCCC(C(=O)O)c1ccccc1F. The van der Waals surface area contributed by atoms with E-state index in [-0.39, 0.29) is 0 Å². The highest BCUT2D eigenvalue weighted by atomic mass is 32.2. The molecule has 1 aromatic carbocycles. The van der Waals surface area contributed by atoms with Crippen molar-refractivity contribution in [3.63, 3.8) is 0 Å². The molecule has 0 heterocycles. The highest BCUT2D eigenvalue weighted by molar-refractivity contribution is 7.99. The van der Waals surface area contributed by atoms with Crippen LogP contribution < -0.4 is 0 Å². The fourth-order valence-electron chi connectivity index (χ4n) is 1.70. The van der Waals surface area contributed by atoms with Crippen LogP contribution in [0.1, 0.15) is 31.2 Å². The number of hydrogen-bond acceptors (Lipinski definition) is 2. The summed E-state index contributed by atoms with van der Waals surface area (Å²) in [6, 6.07) is 6.12. The van der Waals surface area contributed by atoms with Gasteiger partial charge in [0.15, 0.2) is 0 Å². The van der Waals surface area contributed by atoms with Gasteiger partial charge < -0.3 is 5.11 Å². The zero-order valence-corrected chi connectivity index (χ0v) is 10.7. The van der Waals surface area contributed by atoms with Gasteiger partial charge >= 0.3 is 5.97 Å². The van der Waals surface area contributed by atoms with E-state index in [2.05, 4.69) is 6.92 Å². The highest BCUT2D eigenvalue weighted by Crippen LogP contribution is 2.25. The van der Waals surface area contributed by atoms with Gasteiger partial charge in [-0.2, -0.15) is 11.8 Å². The smallest absolute Gasteiger partial charge is 0.311 e. The Kier molecular flexibility index (Phi) is 6.05. The molecule has 1 aromatic rings. The molecular formula is C13H17FO2S. The molecule has 1 unspecified atom stereocenters. The molecule has 0 amide bonds. The second kappa shape index (κ2) is 7.33. The summed E-state index contributed by atoms with van der Waals surface area (Å²) in [7, 11) is 0. The second-order valence-corrected chi connectivity index (χ2v) is 5.15. The molecule has 17 heavy (non-hydrogen) atoms. The molecule has 0 saturated carbocycles. The Labute approximate surface area is 105 Å². The maximum Gasteiger partial charge on any atom is 0.311 e. The summed E-state index contributed by atoms with van der Waals surface area (Å²) in [4.78, 5) is 11.1. The molecule has 4 heteroatoms. The lowest BCUT2D eigenvalue weighted by Gasteiger charge is -2.13. The third kappa shape index (κ3) is 4.38. The Morgan fingerprint density at radius 1 is 1.47 bits per heavy atom. The van der Waals surface area contributed by atoms with Crippen molar-refractivity contribution in [3.8, 4) is 0 Å². The average Bonchev–Trinajstić information content (AvgIpc) is 2.30. The Balaban J connectivity index is 2.66. The minimum atomic E-state index is -0.948. The summed E-state index contributed by atoms with van der Waals surface area (Å²) in [6.45, 7) is 2.07. The maximum atomic E-state index is 13.5. The van der Waals surface area contributed by atoms with Crippen LogP contribution in [0, 0.1) is 5.82 Å². The third-order valence-corrected chi connectivity index (χ3v) is 3.55. The Hall–Kier alpha value is -1.03. The van der Waals surface area contributed by atoms with Gasteiger partial charge in [-0.05, 0) is 30.4 Å². The van der Waals surface area contributed by atoms with Gasteiger partial charge in [0.05, 0.1) is 5.92 Å². The van der Waals surface area contributed by atoms with E-state index in [1.165, 1.54) is 6.07 Å². The van der Waals surface area contributed by atoms with Crippen LogP contribution in [0.25, 0.3) is 0 Å². The first kappa shape index (κ1) is 14.0. The molecule has 0 spiro atoms. The van der Waals surface area contributed by atoms with Crippen LogP contribution in [-0.2, 0) is 4.79 Å². The van der Waals surface area contributed by atoms with Crippen molar-refractivity contribution in [2.75, 3.05) is 11.5 Å². The van der Waals surface area contributed by atoms with Crippen LogP contribution >= 0.6 is 11.8 Å². The topological polar surface area (TPSA) is 37.3 Å². The molecule has 0 aliphatic rings. The quantitative estimate of drug-likeness (QED) is 0.758. The fourth-order valence-corrected chi connectivity index (χ4v) is 2.36. The summed E-state index contributed by atoms with van der Waals surface area (Å²) in [5.74, 6) is -0.153. The van der Waals surface area contributed by atoms with Crippen molar-refractivity contribution in [1.29, 1.82) is 0 Å². The summed E-state index contributed by atoms with van der Waals surface area (Å²) in [5, 5.41) is 9.13. The van der Waals surface area contributed by atoms with Crippen molar-refractivity contribution >= 4 is 17.7 Å². The van der Waals surface area contributed by atoms with E-state index in [1.807, 2.05) is 0 Å². The fraction of sp³-hybridized carbons (Fsp3) is 0.462. The minimum Gasteiger partial charge on any atom is -0.481 e. The van der Waals surface area contributed by atoms with Gasteiger partial charge in [-0.25, -0.2) is 4.39 Å². The number of aliphatic carboxylic acids is 1. The molecule has 0 bridgehead atoms. The molecule has 0 radical (unpaired) electrons. The van der Waals surface area contributed by atoms with Gasteiger partial charge in [-0.1, -0.05) is 25.1 Å². The lowest BCUT2D eigenvalue weighted by molar-refractivity contribution is -0.139. The van der Waals surface area contributed by atoms with Gasteiger partial charge in [0.2, 0.25) is 0 Å². The first-order chi connectivity index (χ1) is 8.16. The van der Waals surface area contributed by atoms with Crippen LogP contribution in [-0.4, -0.2) is 22.6 Å². The first-order valence-electron chi connectivity index (χ1n) is 5.71. The molecule has 0 aliphatic carbocycles. The molecule has 1 atom stereocenters. The molecule has 0 aromatic heterocycles. The Morgan fingerprint density at radius 3 is 2.76 bits per heavy atom. The normalized spacial score (nSPS) is 12.4. The standard InChI is InChI=1S/C13H17FO2S/c1-2-17-9-5-7-11(13(15)16)10-6-3-4-8-12(10)14/h3-4,6,8,11H,2,5,7,9H2,1H3,(H,15,16). The number of rotatable bonds is 7. The highest BCUT2D eigenvalue weighted by Gasteiger charge is 2.22. The zero-order valence-electron chi connectivity index (χ0n) is 9.86. The number of carboxylic acids is 1. The van der Waals surface area contributed by atoms with E-state index in [4.69, 9.17) is 5.11 Å². The van der Waals surface area contributed by atoms with Crippen molar-refractivity contribution < 1.29 is 14.3 Å². The van der Waals surface area contributed by atoms with Gasteiger partial charge in [0.25, 0.3) is 0 Å². The van der Waals surface area contributed by atoms with Crippen LogP contribution in [0.3, 0.4) is 0 Å². The predicted molar refractivity (Wildman–Crippen MR) is 69.0 cm³/mol. The Bertz CT molecular complexity index is 368. The summed E-state index contributed by atoms with van der Waals surface area (Å²) in [6.07, 6.45) is 1.28. The molecule has 0 fully saturated rings. The first-order valence-corrected chi connectivity index (χ1v) is 6.87. The number of halogens is 1. The van der Waals surface area contributed by atoms with Crippen LogP contribution in [0.15, 0.2) is 24.3 Å². The van der Waals surface area contributed by atoms with Gasteiger partial charge in [-0.3, -0.25) is 4.79 Å². The van der Waals surface area contributed by atoms with Crippen molar-refractivity contribution in [2.24, 2.45) is 0 Å². The second-order valence-electron chi connectivity index (χ2n) is 3.75. The molecule has 2 nitrogen and oxygen atoms in total. The number of hydrogen-bond donors (Lipinski definition) is 1. The number of thioether (sulfide) groups is 1. The zero-order chi connectivity index (χ0) is 12.7. The summed E-state index contributed by atoms with van der Waals surface area (Å²) < 4.78 is 13.5. The Morgan fingerprint density at radius 2 is 2.18 bits per heavy atom. The monoisotopic (exact) mass is 256 g/mol. The van der Waals surface area contributed by atoms with Crippen LogP contribution in [0.5, 0.6) is 0 Å². The van der Waals surface area contributed by atoms with E-state index < -0.39 is 17.7 Å². The largest absolute Gasteiger partial charge is 0.481 e. The predicted octanol–water partition coefficient (Wildman–Crippen LogP) is 3.53.